The summed E-state index contributed by atoms with van der Waals surface area (Å²) in [6, 6.07) is 10.6. The van der Waals surface area contributed by atoms with E-state index in [1.807, 2.05) is 51.1 Å². The molecule has 0 aliphatic rings. The van der Waals surface area contributed by atoms with E-state index in [9.17, 15) is 9.59 Å². The fourth-order valence-corrected chi connectivity index (χ4v) is 1.79. The second-order valence-corrected chi connectivity index (χ2v) is 5.75. The number of nitrogens with zero attached hydrogens (tertiary/aromatic N) is 1. The Balaban J connectivity index is 2.18. The molecule has 0 atom stereocenters. The zero-order valence-electron chi connectivity index (χ0n) is 12.3. The molecule has 0 saturated carbocycles. The standard InChI is InChI=1S/C15H19N3O3/c1-15(2,3)17-12-9-13(19)18(14(20)16-12)21-10-11-7-5-4-6-8-11/h4-9,17H,10H2,1-3H3,(H,16,20). The van der Waals surface area contributed by atoms with Crippen LogP contribution < -0.4 is 21.4 Å². The van der Waals surface area contributed by atoms with E-state index in [0.717, 1.165) is 10.3 Å². The highest BCUT2D eigenvalue weighted by Gasteiger charge is 2.12. The molecule has 0 aliphatic carbocycles. The third-order valence-electron chi connectivity index (χ3n) is 2.61. The highest BCUT2D eigenvalue weighted by Crippen LogP contribution is 2.07. The number of hydrogen-bond acceptors (Lipinski definition) is 4. The molecule has 1 aromatic heterocycles. The van der Waals surface area contributed by atoms with E-state index in [1.165, 1.54) is 6.07 Å². The smallest absolute Gasteiger partial charge is 0.363 e. The predicted octanol–water partition coefficient (Wildman–Crippen LogP) is 1.38. The zero-order valence-corrected chi connectivity index (χ0v) is 12.3. The molecule has 21 heavy (non-hydrogen) atoms. The number of anilines is 1. The molecule has 1 heterocycles. The van der Waals surface area contributed by atoms with Gasteiger partial charge in [-0.05, 0) is 26.3 Å². The minimum atomic E-state index is -0.606. The van der Waals surface area contributed by atoms with E-state index in [2.05, 4.69) is 10.3 Å². The number of nitrogens with one attached hydrogen (secondary N) is 2. The number of rotatable bonds is 4. The van der Waals surface area contributed by atoms with Crippen molar-refractivity contribution >= 4 is 5.82 Å². The first-order valence-corrected chi connectivity index (χ1v) is 6.67. The molecule has 2 aromatic rings. The summed E-state index contributed by atoms with van der Waals surface area (Å²) in [5, 5.41) is 3.04. The third kappa shape index (κ3) is 4.24. The van der Waals surface area contributed by atoms with Crippen molar-refractivity contribution in [1.82, 2.24) is 9.71 Å². The fourth-order valence-electron chi connectivity index (χ4n) is 1.79. The Kier molecular flexibility index (Phi) is 4.16. The van der Waals surface area contributed by atoms with Crippen molar-refractivity contribution in [2.75, 3.05) is 5.32 Å². The van der Waals surface area contributed by atoms with Gasteiger partial charge in [-0.25, -0.2) is 4.79 Å². The van der Waals surface area contributed by atoms with Gasteiger partial charge in [-0.1, -0.05) is 35.1 Å². The van der Waals surface area contributed by atoms with Crippen LogP contribution >= 0.6 is 0 Å². The summed E-state index contributed by atoms with van der Waals surface area (Å²) < 4.78 is 0.723. The van der Waals surface area contributed by atoms with Gasteiger partial charge in [0.2, 0.25) is 0 Å². The van der Waals surface area contributed by atoms with Crippen LogP contribution in [0.5, 0.6) is 0 Å². The average Bonchev–Trinajstić information content (AvgIpc) is 2.37. The van der Waals surface area contributed by atoms with Gasteiger partial charge >= 0.3 is 5.69 Å². The SMILES string of the molecule is CC(C)(C)Nc1cc(=O)n(OCc2ccccc2)c(=O)[nH]1. The topological polar surface area (TPSA) is 76.1 Å². The van der Waals surface area contributed by atoms with E-state index in [0.29, 0.717) is 5.82 Å². The van der Waals surface area contributed by atoms with Crippen LogP contribution in [-0.2, 0) is 6.61 Å². The van der Waals surface area contributed by atoms with E-state index < -0.39 is 11.2 Å². The van der Waals surface area contributed by atoms with Crippen LogP contribution in [0.15, 0.2) is 46.0 Å². The van der Waals surface area contributed by atoms with Crippen molar-refractivity contribution in [1.29, 1.82) is 0 Å². The van der Waals surface area contributed by atoms with E-state index in [4.69, 9.17) is 4.84 Å². The summed E-state index contributed by atoms with van der Waals surface area (Å²) in [4.78, 5) is 31.7. The Bertz CT molecular complexity index is 680. The molecule has 0 spiro atoms. The summed E-state index contributed by atoms with van der Waals surface area (Å²) in [6.07, 6.45) is 0. The first kappa shape index (κ1) is 14.9. The monoisotopic (exact) mass is 289 g/mol. The maximum absolute atomic E-state index is 11.9. The molecule has 0 aliphatic heterocycles. The molecule has 0 amide bonds. The second-order valence-electron chi connectivity index (χ2n) is 5.75. The Hall–Kier alpha value is -2.50. The van der Waals surface area contributed by atoms with Gasteiger partial charge in [0.05, 0.1) is 0 Å². The number of aromatic amines is 1. The van der Waals surface area contributed by atoms with Crippen molar-refractivity contribution in [2.45, 2.75) is 32.9 Å². The van der Waals surface area contributed by atoms with Gasteiger partial charge in [0, 0.05) is 11.6 Å². The largest absolute Gasteiger partial charge is 0.401 e. The predicted molar refractivity (Wildman–Crippen MR) is 81.4 cm³/mol. The highest BCUT2D eigenvalue weighted by molar-refractivity contribution is 5.34. The lowest BCUT2D eigenvalue weighted by atomic mass is 10.1. The third-order valence-corrected chi connectivity index (χ3v) is 2.61. The summed E-state index contributed by atoms with van der Waals surface area (Å²) >= 11 is 0. The molecule has 0 fully saturated rings. The number of aromatic nitrogens is 2. The van der Waals surface area contributed by atoms with Gasteiger partial charge in [0.25, 0.3) is 5.56 Å². The Labute approximate surface area is 122 Å². The molecule has 0 unspecified atom stereocenters. The van der Waals surface area contributed by atoms with Crippen LogP contribution in [0, 0.1) is 0 Å². The zero-order chi connectivity index (χ0) is 15.5. The lowest BCUT2D eigenvalue weighted by Gasteiger charge is -2.21. The molecule has 1 aromatic carbocycles. The van der Waals surface area contributed by atoms with Crippen molar-refractivity contribution in [3.05, 3.63) is 62.8 Å². The van der Waals surface area contributed by atoms with Gasteiger partial charge in [0.1, 0.15) is 12.4 Å². The molecule has 112 valence electrons. The number of benzene rings is 1. The van der Waals surface area contributed by atoms with Crippen molar-refractivity contribution in [3.8, 4) is 0 Å². The first-order chi connectivity index (χ1) is 9.85. The fraction of sp³-hybridized carbons (Fsp3) is 0.333. The molecule has 0 saturated heterocycles. The molecule has 6 heteroatoms. The Morgan fingerprint density at radius 3 is 2.43 bits per heavy atom. The molecule has 6 nitrogen and oxygen atoms in total. The molecule has 0 bridgehead atoms. The Morgan fingerprint density at radius 2 is 1.86 bits per heavy atom. The normalized spacial score (nSPS) is 11.2. The molecule has 0 radical (unpaired) electrons. The van der Waals surface area contributed by atoms with E-state index >= 15 is 0 Å². The van der Waals surface area contributed by atoms with Crippen molar-refractivity contribution in [2.24, 2.45) is 0 Å². The van der Waals surface area contributed by atoms with Crippen LogP contribution in [-0.4, -0.2) is 15.3 Å². The maximum Gasteiger partial charge on any atom is 0.363 e. The van der Waals surface area contributed by atoms with Crippen molar-refractivity contribution < 1.29 is 4.84 Å². The summed E-state index contributed by atoms with van der Waals surface area (Å²) in [6.45, 7) is 5.95. The van der Waals surface area contributed by atoms with E-state index in [-0.39, 0.29) is 12.1 Å². The molecule has 2 rings (SSSR count). The lowest BCUT2D eigenvalue weighted by Crippen LogP contribution is -2.40. The highest BCUT2D eigenvalue weighted by atomic mass is 16.7. The minimum absolute atomic E-state index is 0.149. The average molecular weight is 289 g/mol. The van der Waals surface area contributed by atoms with Crippen LogP contribution in [0.4, 0.5) is 5.82 Å². The molecular weight excluding hydrogens is 270 g/mol. The summed E-state index contributed by atoms with van der Waals surface area (Å²) in [5.41, 5.74) is -0.501. The number of hydrogen-bond donors (Lipinski definition) is 2. The number of H-pyrrole nitrogens is 1. The van der Waals surface area contributed by atoms with Gasteiger partial charge in [-0.2, -0.15) is 0 Å². The quantitative estimate of drug-likeness (QED) is 0.891. The maximum atomic E-state index is 11.9. The molecule has 2 N–H and O–H groups in total. The summed E-state index contributed by atoms with van der Waals surface area (Å²) in [5.74, 6) is 0.372. The van der Waals surface area contributed by atoms with Crippen LogP contribution in [0.25, 0.3) is 0 Å². The second kappa shape index (κ2) is 5.87. The van der Waals surface area contributed by atoms with Gasteiger partial charge in [0.15, 0.2) is 0 Å². The van der Waals surface area contributed by atoms with Crippen molar-refractivity contribution in [3.63, 3.8) is 0 Å². The first-order valence-electron chi connectivity index (χ1n) is 6.67. The summed E-state index contributed by atoms with van der Waals surface area (Å²) in [7, 11) is 0. The Morgan fingerprint density at radius 1 is 1.19 bits per heavy atom. The van der Waals surface area contributed by atoms with Crippen LogP contribution in [0.3, 0.4) is 0 Å². The van der Waals surface area contributed by atoms with E-state index in [1.54, 1.807) is 0 Å². The van der Waals surface area contributed by atoms with Gasteiger partial charge < -0.3 is 10.2 Å². The van der Waals surface area contributed by atoms with Gasteiger partial charge in [-0.3, -0.25) is 9.78 Å². The lowest BCUT2D eigenvalue weighted by molar-refractivity contribution is 0.0791. The van der Waals surface area contributed by atoms with Crippen LogP contribution in [0.2, 0.25) is 0 Å². The minimum Gasteiger partial charge on any atom is -0.401 e. The molecular formula is C15H19N3O3. The van der Waals surface area contributed by atoms with Crippen LogP contribution in [0.1, 0.15) is 26.3 Å². The van der Waals surface area contributed by atoms with Gasteiger partial charge in [-0.15, -0.1) is 0 Å².